The lowest BCUT2D eigenvalue weighted by Gasteiger charge is -2.17. The van der Waals surface area contributed by atoms with Crippen molar-refractivity contribution in [2.75, 3.05) is 18.0 Å². The van der Waals surface area contributed by atoms with Crippen LogP contribution >= 0.6 is 0 Å². The summed E-state index contributed by atoms with van der Waals surface area (Å²) in [5, 5.41) is 0. The first kappa shape index (κ1) is 8.27. The van der Waals surface area contributed by atoms with Gasteiger partial charge in [-0.1, -0.05) is 12.5 Å². The van der Waals surface area contributed by atoms with E-state index in [1.807, 2.05) is 12.3 Å². The van der Waals surface area contributed by atoms with Crippen LogP contribution in [-0.2, 0) is 0 Å². The molecule has 1 aliphatic heterocycles. The molecule has 14 heavy (non-hydrogen) atoms. The fourth-order valence-electron chi connectivity index (χ4n) is 2.96. The molecule has 2 aliphatic rings. The van der Waals surface area contributed by atoms with Gasteiger partial charge in [-0.05, 0) is 36.8 Å². The summed E-state index contributed by atoms with van der Waals surface area (Å²) in [6.07, 6.45) is 6.22. The molecular formula is C12H16N2. The normalized spacial score (nSPS) is 30.7. The van der Waals surface area contributed by atoms with Crippen molar-refractivity contribution in [2.24, 2.45) is 11.8 Å². The second kappa shape index (κ2) is 3.26. The molecule has 0 amide bonds. The second-order valence-corrected chi connectivity index (χ2v) is 4.54. The molecule has 0 bridgehead atoms. The maximum atomic E-state index is 4.41. The zero-order valence-electron chi connectivity index (χ0n) is 8.39. The van der Waals surface area contributed by atoms with Gasteiger partial charge in [-0.25, -0.2) is 4.98 Å². The average molecular weight is 188 g/mol. The van der Waals surface area contributed by atoms with Crippen LogP contribution in [0, 0.1) is 11.8 Å². The lowest BCUT2D eigenvalue weighted by atomic mass is 10.0. The molecule has 74 valence electrons. The second-order valence-electron chi connectivity index (χ2n) is 4.54. The molecule has 2 fully saturated rings. The highest BCUT2D eigenvalue weighted by atomic mass is 15.2. The van der Waals surface area contributed by atoms with Gasteiger partial charge in [0.25, 0.3) is 0 Å². The standard InChI is InChI=1S/C12H16N2/c1-2-7-13-12(6-1)14-8-10-4-3-5-11(10)9-14/h1-2,6-7,10-11H,3-5,8-9H2/t10-,11+. The lowest BCUT2D eigenvalue weighted by molar-refractivity contribution is 0.494. The predicted octanol–water partition coefficient (Wildman–Crippen LogP) is 2.32. The quantitative estimate of drug-likeness (QED) is 0.672. The SMILES string of the molecule is c1ccc(N2C[C@H]3CCC[C@H]3C2)nc1. The van der Waals surface area contributed by atoms with Crippen molar-refractivity contribution < 1.29 is 0 Å². The number of rotatable bonds is 1. The first-order valence-electron chi connectivity index (χ1n) is 5.59. The molecule has 2 heteroatoms. The molecule has 0 unspecified atom stereocenters. The number of hydrogen-bond donors (Lipinski definition) is 0. The van der Waals surface area contributed by atoms with Gasteiger partial charge in [0.1, 0.15) is 5.82 Å². The molecule has 1 aromatic heterocycles. The van der Waals surface area contributed by atoms with Gasteiger partial charge in [0.05, 0.1) is 0 Å². The highest BCUT2D eigenvalue weighted by Crippen LogP contribution is 2.38. The van der Waals surface area contributed by atoms with E-state index in [9.17, 15) is 0 Å². The van der Waals surface area contributed by atoms with E-state index in [4.69, 9.17) is 0 Å². The molecule has 2 heterocycles. The zero-order valence-corrected chi connectivity index (χ0v) is 8.39. The third-order valence-corrected chi connectivity index (χ3v) is 3.70. The van der Waals surface area contributed by atoms with E-state index >= 15 is 0 Å². The maximum Gasteiger partial charge on any atom is 0.128 e. The van der Waals surface area contributed by atoms with Crippen LogP contribution in [0.5, 0.6) is 0 Å². The van der Waals surface area contributed by atoms with E-state index in [-0.39, 0.29) is 0 Å². The van der Waals surface area contributed by atoms with Gasteiger partial charge in [0.15, 0.2) is 0 Å². The van der Waals surface area contributed by atoms with Gasteiger partial charge in [-0.2, -0.15) is 0 Å². The van der Waals surface area contributed by atoms with Crippen LogP contribution in [0.4, 0.5) is 5.82 Å². The van der Waals surface area contributed by atoms with E-state index in [0.717, 1.165) is 11.8 Å². The van der Waals surface area contributed by atoms with E-state index in [0.29, 0.717) is 0 Å². The Balaban J connectivity index is 1.77. The van der Waals surface area contributed by atoms with Crippen LogP contribution in [0.1, 0.15) is 19.3 Å². The monoisotopic (exact) mass is 188 g/mol. The number of nitrogens with zero attached hydrogens (tertiary/aromatic N) is 2. The van der Waals surface area contributed by atoms with Crippen molar-refractivity contribution in [2.45, 2.75) is 19.3 Å². The zero-order chi connectivity index (χ0) is 9.38. The summed E-state index contributed by atoms with van der Waals surface area (Å²) in [6.45, 7) is 2.48. The molecule has 2 nitrogen and oxygen atoms in total. The molecule has 0 spiro atoms. The predicted molar refractivity (Wildman–Crippen MR) is 57.3 cm³/mol. The van der Waals surface area contributed by atoms with Crippen molar-refractivity contribution in [3.8, 4) is 0 Å². The van der Waals surface area contributed by atoms with E-state index < -0.39 is 0 Å². The van der Waals surface area contributed by atoms with Gasteiger partial charge < -0.3 is 4.90 Å². The lowest BCUT2D eigenvalue weighted by Crippen LogP contribution is -2.21. The average Bonchev–Trinajstić information content (AvgIpc) is 2.78. The van der Waals surface area contributed by atoms with E-state index in [1.54, 1.807) is 0 Å². The van der Waals surface area contributed by atoms with Gasteiger partial charge in [0, 0.05) is 19.3 Å². The molecule has 1 saturated heterocycles. The van der Waals surface area contributed by atoms with Gasteiger partial charge in [-0.3, -0.25) is 0 Å². The van der Waals surface area contributed by atoms with Crippen molar-refractivity contribution in [1.82, 2.24) is 4.98 Å². The van der Waals surface area contributed by atoms with Crippen molar-refractivity contribution in [3.63, 3.8) is 0 Å². The Labute approximate surface area is 85.0 Å². The topological polar surface area (TPSA) is 16.1 Å². The van der Waals surface area contributed by atoms with Crippen molar-refractivity contribution in [1.29, 1.82) is 0 Å². The molecule has 1 saturated carbocycles. The minimum absolute atomic E-state index is 0.956. The van der Waals surface area contributed by atoms with Crippen LogP contribution in [-0.4, -0.2) is 18.1 Å². The largest absolute Gasteiger partial charge is 0.356 e. The molecule has 0 radical (unpaired) electrons. The summed E-state index contributed by atoms with van der Waals surface area (Å²) in [4.78, 5) is 6.87. The third-order valence-electron chi connectivity index (χ3n) is 3.70. The molecule has 0 N–H and O–H groups in total. The van der Waals surface area contributed by atoms with Crippen LogP contribution < -0.4 is 4.90 Å². The van der Waals surface area contributed by atoms with Gasteiger partial charge >= 0.3 is 0 Å². The summed E-state index contributed by atoms with van der Waals surface area (Å²) in [5.74, 6) is 3.08. The smallest absolute Gasteiger partial charge is 0.128 e. The Kier molecular flexibility index (Phi) is 1.93. The molecule has 0 aromatic carbocycles. The minimum atomic E-state index is 0.956. The highest BCUT2D eigenvalue weighted by molar-refractivity contribution is 5.39. The third kappa shape index (κ3) is 1.29. The van der Waals surface area contributed by atoms with Crippen LogP contribution in [0.25, 0.3) is 0 Å². The Morgan fingerprint density at radius 3 is 2.57 bits per heavy atom. The van der Waals surface area contributed by atoms with E-state index in [1.165, 1.54) is 38.2 Å². The van der Waals surface area contributed by atoms with Crippen molar-refractivity contribution >= 4 is 5.82 Å². The van der Waals surface area contributed by atoms with Crippen LogP contribution in [0.15, 0.2) is 24.4 Å². The number of anilines is 1. The number of hydrogen-bond acceptors (Lipinski definition) is 2. The Morgan fingerprint density at radius 1 is 1.14 bits per heavy atom. The number of fused-ring (bicyclic) bond motifs is 1. The Hall–Kier alpha value is -1.05. The Morgan fingerprint density at radius 2 is 1.93 bits per heavy atom. The first-order chi connectivity index (χ1) is 6.93. The summed E-state index contributed by atoms with van der Waals surface area (Å²) in [6, 6.07) is 6.19. The number of aromatic nitrogens is 1. The van der Waals surface area contributed by atoms with Crippen LogP contribution in [0.2, 0.25) is 0 Å². The molecule has 1 aliphatic carbocycles. The Bertz CT molecular complexity index is 297. The van der Waals surface area contributed by atoms with Gasteiger partial charge in [0.2, 0.25) is 0 Å². The molecule has 3 rings (SSSR count). The maximum absolute atomic E-state index is 4.41. The fraction of sp³-hybridized carbons (Fsp3) is 0.583. The summed E-state index contributed by atoms with van der Waals surface area (Å²) >= 11 is 0. The highest BCUT2D eigenvalue weighted by Gasteiger charge is 2.36. The summed E-state index contributed by atoms with van der Waals surface area (Å²) in [5.41, 5.74) is 0. The van der Waals surface area contributed by atoms with Crippen molar-refractivity contribution in [3.05, 3.63) is 24.4 Å². The first-order valence-corrected chi connectivity index (χ1v) is 5.59. The van der Waals surface area contributed by atoms with Gasteiger partial charge in [-0.15, -0.1) is 0 Å². The minimum Gasteiger partial charge on any atom is -0.356 e. The molecule has 1 aromatic rings. The van der Waals surface area contributed by atoms with Crippen LogP contribution in [0.3, 0.4) is 0 Å². The van der Waals surface area contributed by atoms with E-state index in [2.05, 4.69) is 22.0 Å². The molecule has 2 atom stereocenters. The summed E-state index contributed by atoms with van der Waals surface area (Å²) in [7, 11) is 0. The summed E-state index contributed by atoms with van der Waals surface area (Å²) < 4.78 is 0. The fourth-order valence-corrected chi connectivity index (χ4v) is 2.96. The molecular weight excluding hydrogens is 172 g/mol. The number of pyridine rings is 1.